The summed E-state index contributed by atoms with van der Waals surface area (Å²) in [6.45, 7) is 2.34. The molecule has 22 heavy (non-hydrogen) atoms. The molecule has 0 aliphatic rings. The molecule has 0 radical (unpaired) electrons. The normalized spacial score (nSPS) is 10.3. The van der Waals surface area contributed by atoms with Gasteiger partial charge in [0.1, 0.15) is 23.0 Å². The first-order chi connectivity index (χ1) is 10.5. The Hall–Kier alpha value is -2.83. The smallest absolute Gasteiger partial charge is 0.344 e. The summed E-state index contributed by atoms with van der Waals surface area (Å²) in [6.07, 6.45) is 0. The number of benzene rings is 1. The summed E-state index contributed by atoms with van der Waals surface area (Å²) < 4.78 is 17.7. The van der Waals surface area contributed by atoms with Crippen LogP contribution in [0.25, 0.3) is 0 Å². The van der Waals surface area contributed by atoms with Gasteiger partial charge in [0, 0.05) is 12.6 Å². The highest BCUT2D eigenvalue weighted by Gasteiger charge is 2.17. The number of halogens is 1. The van der Waals surface area contributed by atoms with Crippen molar-refractivity contribution in [3.05, 3.63) is 47.3 Å². The second kappa shape index (κ2) is 6.75. The van der Waals surface area contributed by atoms with E-state index in [0.717, 1.165) is 5.56 Å². The van der Waals surface area contributed by atoms with Crippen molar-refractivity contribution in [1.82, 2.24) is 4.98 Å². The van der Waals surface area contributed by atoms with E-state index < -0.39 is 5.97 Å². The summed E-state index contributed by atoms with van der Waals surface area (Å²) in [5.41, 5.74) is 12.7. The highest BCUT2D eigenvalue weighted by molar-refractivity contribution is 6.00. The lowest BCUT2D eigenvalue weighted by atomic mass is 10.2. The predicted octanol–water partition coefficient (Wildman–Crippen LogP) is 2.17. The lowest BCUT2D eigenvalue weighted by Crippen LogP contribution is -2.14. The van der Waals surface area contributed by atoms with Crippen LogP contribution in [0.3, 0.4) is 0 Å². The first-order valence-corrected chi connectivity index (χ1v) is 6.72. The molecule has 1 aromatic carbocycles. The predicted molar refractivity (Wildman–Crippen MR) is 82.7 cm³/mol. The molecule has 6 nitrogen and oxygen atoms in total. The number of nitrogens with two attached hydrogens (primary N) is 2. The minimum absolute atomic E-state index is 0.0000520. The van der Waals surface area contributed by atoms with E-state index in [1.807, 2.05) is 0 Å². The number of aromatic nitrogens is 1. The van der Waals surface area contributed by atoms with Gasteiger partial charge in [-0.1, -0.05) is 12.1 Å². The van der Waals surface area contributed by atoms with Crippen LogP contribution in [-0.2, 0) is 11.3 Å². The Morgan fingerprint density at radius 3 is 2.59 bits per heavy atom. The summed E-state index contributed by atoms with van der Waals surface area (Å²) >= 11 is 0. The maximum Gasteiger partial charge on any atom is 0.344 e. The Kier molecular flexibility index (Phi) is 4.77. The first-order valence-electron chi connectivity index (χ1n) is 6.72. The number of anilines is 3. The molecule has 7 heteroatoms. The molecule has 1 heterocycles. The number of esters is 1. The van der Waals surface area contributed by atoms with Gasteiger partial charge in [0.2, 0.25) is 0 Å². The Morgan fingerprint density at radius 1 is 1.32 bits per heavy atom. The molecule has 0 saturated heterocycles. The minimum Gasteiger partial charge on any atom is -0.462 e. The maximum atomic E-state index is 12.8. The van der Waals surface area contributed by atoms with Crippen molar-refractivity contribution in [3.63, 3.8) is 0 Å². The zero-order valence-electron chi connectivity index (χ0n) is 12.1. The van der Waals surface area contributed by atoms with Crippen LogP contribution in [0.5, 0.6) is 0 Å². The molecule has 0 aliphatic carbocycles. The fourth-order valence-electron chi connectivity index (χ4n) is 1.90. The van der Waals surface area contributed by atoms with Gasteiger partial charge in [-0.3, -0.25) is 0 Å². The Bertz CT molecular complexity index is 651. The summed E-state index contributed by atoms with van der Waals surface area (Å²) in [4.78, 5) is 15.8. The van der Waals surface area contributed by atoms with Crippen LogP contribution in [0.4, 0.5) is 21.7 Å². The molecule has 0 atom stereocenters. The number of carbonyl (C=O) groups excluding carboxylic acids is 1. The summed E-state index contributed by atoms with van der Waals surface area (Å²) in [5, 5.41) is 3.01. The van der Waals surface area contributed by atoms with E-state index in [2.05, 4.69) is 10.3 Å². The molecule has 0 bridgehead atoms. The Balaban J connectivity index is 2.13. The third-order valence-electron chi connectivity index (χ3n) is 2.94. The largest absolute Gasteiger partial charge is 0.462 e. The van der Waals surface area contributed by atoms with E-state index in [1.165, 1.54) is 18.2 Å². The van der Waals surface area contributed by atoms with Crippen LogP contribution in [0, 0.1) is 5.82 Å². The van der Waals surface area contributed by atoms with E-state index in [9.17, 15) is 9.18 Å². The third kappa shape index (κ3) is 3.63. The van der Waals surface area contributed by atoms with Gasteiger partial charge in [-0.2, -0.15) is 0 Å². The first kappa shape index (κ1) is 15.6. The highest BCUT2D eigenvalue weighted by atomic mass is 19.1. The van der Waals surface area contributed by atoms with Crippen LogP contribution < -0.4 is 16.8 Å². The average Bonchev–Trinajstić information content (AvgIpc) is 2.46. The molecule has 1 aromatic heterocycles. The standard InChI is InChI=1S/C15H17FN4O2/c1-2-22-15(21)13-11(17)7-12(20-14(13)18)19-8-9-3-5-10(16)6-4-9/h3-7H,2,8H2,1H3,(H5,17,18,19,20). The number of nitrogens with zero attached hydrogens (tertiary/aromatic N) is 1. The van der Waals surface area contributed by atoms with E-state index >= 15 is 0 Å². The van der Waals surface area contributed by atoms with Gasteiger partial charge in [-0.25, -0.2) is 14.2 Å². The molecule has 0 spiro atoms. The van der Waals surface area contributed by atoms with Crippen LogP contribution >= 0.6 is 0 Å². The fourth-order valence-corrected chi connectivity index (χ4v) is 1.90. The molecule has 116 valence electrons. The summed E-state index contributed by atoms with van der Waals surface area (Å²) in [7, 11) is 0. The average molecular weight is 304 g/mol. The Morgan fingerprint density at radius 2 is 2.00 bits per heavy atom. The van der Waals surface area contributed by atoms with E-state index in [0.29, 0.717) is 12.4 Å². The molecule has 0 amide bonds. The quantitative estimate of drug-likeness (QED) is 0.731. The molecule has 0 saturated carbocycles. The van der Waals surface area contributed by atoms with Gasteiger partial charge < -0.3 is 21.5 Å². The molecule has 2 aromatic rings. The van der Waals surface area contributed by atoms with Crippen LogP contribution in [0.1, 0.15) is 22.8 Å². The van der Waals surface area contributed by atoms with Gasteiger partial charge in [0.15, 0.2) is 0 Å². The van der Waals surface area contributed by atoms with E-state index in [-0.39, 0.29) is 29.5 Å². The fraction of sp³-hybridized carbons (Fsp3) is 0.200. The maximum absolute atomic E-state index is 12.8. The van der Waals surface area contributed by atoms with Crippen molar-refractivity contribution >= 4 is 23.3 Å². The zero-order chi connectivity index (χ0) is 16.1. The van der Waals surface area contributed by atoms with Crippen LogP contribution in [-0.4, -0.2) is 17.6 Å². The number of nitrogens with one attached hydrogen (secondary N) is 1. The van der Waals surface area contributed by atoms with Gasteiger partial charge in [0.25, 0.3) is 0 Å². The van der Waals surface area contributed by atoms with Crippen molar-refractivity contribution in [1.29, 1.82) is 0 Å². The van der Waals surface area contributed by atoms with Gasteiger partial charge >= 0.3 is 5.97 Å². The number of nitrogen functional groups attached to an aromatic ring is 2. The molecular weight excluding hydrogens is 287 g/mol. The number of pyridine rings is 1. The molecule has 0 aliphatic heterocycles. The van der Waals surface area contributed by atoms with Gasteiger partial charge in [-0.05, 0) is 24.6 Å². The second-order valence-corrected chi connectivity index (χ2v) is 4.56. The van der Waals surface area contributed by atoms with Crippen molar-refractivity contribution in [3.8, 4) is 0 Å². The van der Waals surface area contributed by atoms with Gasteiger partial charge in [-0.15, -0.1) is 0 Å². The lowest BCUT2D eigenvalue weighted by molar-refractivity contribution is 0.0528. The van der Waals surface area contributed by atoms with Crippen molar-refractivity contribution in [2.75, 3.05) is 23.4 Å². The molecule has 0 fully saturated rings. The van der Waals surface area contributed by atoms with Crippen molar-refractivity contribution in [2.24, 2.45) is 0 Å². The van der Waals surface area contributed by atoms with E-state index in [4.69, 9.17) is 16.2 Å². The molecule has 2 rings (SSSR count). The number of ether oxygens (including phenoxy) is 1. The summed E-state index contributed by atoms with van der Waals surface area (Å²) in [5.74, 6) is -0.475. The molecule has 0 unspecified atom stereocenters. The Labute approximate surface area is 127 Å². The summed E-state index contributed by atoms with van der Waals surface area (Å²) in [6, 6.07) is 7.56. The third-order valence-corrected chi connectivity index (χ3v) is 2.94. The SMILES string of the molecule is CCOC(=O)c1c(N)cc(NCc2ccc(F)cc2)nc1N. The number of hydrogen-bond acceptors (Lipinski definition) is 6. The lowest BCUT2D eigenvalue weighted by Gasteiger charge is -2.11. The second-order valence-electron chi connectivity index (χ2n) is 4.56. The zero-order valence-corrected chi connectivity index (χ0v) is 12.1. The number of hydrogen-bond donors (Lipinski definition) is 3. The number of carbonyl (C=O) groups is 1. The van der Waals surface area contributed by atoms with Crippen molar-refractivity contribution in [2.45, 2.75) is 13.5 Å². The molecule has 5 N–H and O–H groups in total. The van der Waals surface area contributed by atoms with Gasteiger partial charge in [0.05, 0.1) is 12.3 Å². The minimum atomic E-state index is -0.602. The van der Waals surface area contributed by atoms with Crippen LogP contribution in [0.2, 0.25) is 0 Å². The van der Waals surface area contributed by atoms with Crippen molar-refractivity contribution < 1.29 is 13.9 Å². The number of rotatable bonds is 5. The highest BCUT2D eigenvalue weighted by Crippen LogP contribution is 2.23. The molecular formula is C15H17FN4O2. The van der Waals surface area contributed by atoms with Crippen LogP contribution in [0.15, 0.2) is 30.3 Å². The van der Waals surface area contributed by atoms with E-state index in [1.54, 1.807) is 19.1 Å². The topological polar surface area (TPSA) is 103 Å². The monoisotopic (exact) mass is 304 g/mol.